The highest BCUT2D eigenvalue weighted by molar-refractivity contribution is 5.40. The fraction of sp³-hybridized carbons (Fsp3) is 0.953. The molecule has 2 saturated heterocycles. The molecule has 0 aromatic heterocycles. The number of methoxy groups -OCH3 is 2. The Morgan fingerprint density at radius 3 is 1.88 bits per heavy atom. The molecule has 21 atom stereocenters. The van der Waals surface area contributed by atoms with E-state index < -0.39 is 91.2 Å². The summed E-state index contributed by atoms with van der Waals surface area (Å²) in [5.74, 6) is 0.853. The van der Waals surface area contributed by atoms with Crippen LogP contribution < -0.4 is 0 Å². The molecular formula is C43H74O14. The zero-order chi connectivity index (χ0) is 41.7. The van der Waals surface area contributed by atoms with Gasteiger partial charge in [0, 0.05) is 14.2 Å². The number of hydrogen-bond donors (Lipinski definition) is 8. The molecule has 0 bridgehead atoms. The van der Waals surface area contributed by atoms with Crippen LogP contribution in [-0.2, 0) is 28.4 Å². The Balaban J connectivity index is 1.41. The number of aliphatic hydroxyl groups is 8. The van der Waals surface area contributed by atoms with Crippen LogP contribution >= 0.6 is 0 Å². The average molecular weight is 815 g/mol. The van der Waals surface area contributed by atoms with Gasteiger partial charge in [-0.05, 0) is 96.9 Å². The summed E-state index contributed by atoms with van der Waals surface area (Å²) in [4.78, 5) is 0. The molecule has 330 valence electrons. The minimum absolute atomic E-state index is 0.0337. The molecule has 14 heteroatoms. The third-order valence-electron chi connectivity index (χ3n) is 15.7. The SMILES string of the molecule is CCC(CC[C@@H](C)[C@H]1[C@H](O[C@@H]2O[C@@H]([C@@H](O)COC)[C@H](O)[C@H]2O)CC2=C3[C@@H](O[C@@H]4O[C@@H]([C@@H](O)COC)[C@H](O)[C@H]4O)[C@@H](O)[C@H]4C[C@H](O)CC[C@]4(C)[C@H]3CC[C@@]21C)C(C)C. The van der Waals surface area contributed by atoms with E-state index in [1.807, 2.05) is 0 Å². The topological polar surface area (TPSA) is 217 Å². The quantitative estimate of drug-likeness (QED) is 0.105. The van der Waals surface area contributed by atoms with Gasteiger partial charge in [0.1, 0.15) is 54.9 Å². The number of hydrogen-bond acceptors (Lipinski definition) is 14. The van der Waals surface area contributed by atoms with Crippen LogP contribution in [0.2, 0.25) is 0 Å². The lowest BCUT2D eigenvalue weighted by molar-refractivity contribution is -0.236. The second-order valence-corrected chi connectivity index (χ2v) is 19.3. The predicted octanol–water partition coefficient (Wildman–Crippen LogP) is 2.04. The van der Waals surface area contributed by atoms with Crippen molar-refractivity contribution in [2.75, 3.05) is 27.4 Å². The largest absolute Gasteiger partial charge is 0.393 e. The van der Waals surface area contributed by atoms with Crippen molar-refractivity contribution in [1.29, 1.82) is 0 Å². The summed E-state index contributed by atoms with van der Waals surface area (Å²) in [6, 6.07) is 0. The van der Waals surface area contributed by atoms with E-state index in [0.29, 0.717) is 37.5 Å². The summed E-state index contributed by atoms with van der Waals surface area (Å²) in [5.41, 5.74) is 1.24. The summed E-state index contributed by atoms with van der Waals surface area (Å²) in [5, 5.41) is 89.2. The van der Waals surface area contributed by atoms with Crippen molar-refractivity contribution in [2.24, 2.45) is 46.3 Å². The van der Waals surface area contributed by atoms with Crippen LogP contribution in [0.3, 0.4) is 0 Å². The van der Waals surface area contributed by atoms with Crippen LogP contribution in [0.5, 0.6) is 0 Å². The van der Waals surface area contributed by atoms with E-state index in [-0.39, 0.29) is 42.3 Å². The summed E-state index contributed by atoms with van der Waals surface area (Å²) in [6.07, 6.45) is -9.22. The molecule has 2 aliphatic heterocycles. The molecule has 0 aromatic carbocycles. The summed E-state index contributed by atoms with van der Waals surface area (Å²) < 4.78 is 35.8. The van der Waals surface area contributed by atoms with Gasteiger partial charge >= 0.3 is 0 Å². The third-order valence-corrected chi connectivity index (χ3v) is 15.7. The molecule has 0 radical (unpaired) electrons. The van der Waals surface area contributed by atoms with Crippen LogP contribution in [0.1, 0.15) is 99.3 Å². The molecule has 0 spiro atoms. The zero-order valence-corrected chi connectivity index (χ0v) is 35.4. The van der Waals surface area contributed by atoms with E-state index in [0.717, 1.165) is 43.3 Å². The molecule has 0 amide bonds. The highest BCUT2D eigenvalue weighted by atomic mass is 16.7. The molecular weight excluding hydrogens is 740 g/mol. The first-order valence-corrected chi connectivity index (χ1v) is 21.7. The molecule has 4 aliphatic carbocycles. The van der Waals surface area contributed by atoms with Gasteiger partial charge in [-0.3, -0.25) is 0 Å². The van der Waals surface area contributed by atoms with Gasteiger partial charge in [0.2, 0.25) is 0 Å². The Hall–Kier alpha value is -0.820. The maximum atomic E-state index is 12.5. The second kappa shape index (κ2) is 18.3. The van der Waals surface area contributed by atoms with Crippen LogP contribution in [-0.4, -0.2) is 154 Å². The highest BCUT2D eigenvalue weighted by Gasteiger charge is 2.64. The molecule has 1 unspecified atom stereocenters. The molecule has 8 N–H and O–H groups in total. The van der Waals surface area contributed by atoms with Gasteiger partial charge < -0.3 is 69.3 Å². The summed E-state index contributed by atoms with van der Waals surface area (Å²) in [6.45, 7) is 13.3. The van der Waals surface area contributed by atoms with Gasteiger partial charge in [0.15, 0.2) is 12.6 Å². The van der Waals surface area contributed by atoms with Crippen molar-refractivity contribution < 1.29 is 69.3 Å². The Kier molecular flexibility index (Phi) is 14.6. The lowest BCUT2D eigenvalue weighted by Crippen LogP contribution is -2.60. The Morgan fingerprint density at radius 1 is 0.754 bits per heavy atom. The minimum atomic E-state index is -1.51. The summed E-state index contributed by atoms with van der Waals surface area (Å²) >= 11 is 0. The van der Waals surface area contributed by atoms with E-state index in [9.17, 15) is 40.9 Å². The maximum Gasteiger partial charge on any atom is 0.187 e. The Morgan fingerprint density at radius 2 is 1.33 bits per heavy atom. The van der Waals surface area contributed by atoms with E-state index >= 15 is 0 Å². The van der Waals surface area contributed by atoms with Crippen molar-refractivity contribution in [3.8, 4) is 0 Å². The van der Waals surface area contributed by atoms with Crippen molar-refractivity contribution in [3.05, 3.63) is 11.1 Å². The number of ether oxygens (including phenoxy) is 6. The summed E-state index contributed by atoms with van der Waals surface area (Å²) in [7, 11) is 2.86. The second-order valence-electron chi connectivity index (χ2n) is 19.3. The lowest BCUT2D eigenvalue weighted by Gasteiger charge is -2.60. The smallest absolute Gasteiger partial charge is 0.187 e. The molecule has 2 heterocycles. The van der Waals surface area contributed by atoms with Crippen LogP contribution in [0, 0.1) is 46.3 Å². The highest BCUT2D eigenvalue weighted by Crippen LogP contribution is 2.67. The standard InChI is InChI=1S/C43H74O14/c1-9-22(20(2)3)11-10-21(4)31-29(54-40-35(50)33(48)37(55-40)27(45)18-52-7)17-25-30-24(13-15-43(25,31)6)42(5)14-12-23(44)16-26(42)32(47)39(30)57-41-36(51)34(49)38(56-41)28(46)19-53-8/h20-24,26-29,31-41,44-51H,9-19H2,1-8H3/t21-,22?,23-,24+,26-,27+,28+,29-,31+,32+,33-,34-,35-,36-,37+,38+,39-,40-,41+,42-,43+/m1/s1. The first kappa shape index (κ1) is 45.7. The Labute approximate surface area is 338 Å². The monoisotopic (exact) mass is 815 g/mol. The van der Waals surface area contributed by atoms with Crippen molar-refractivity contribution >= 4 is 0 Å². The van der Waals surface area contributed by atoms with E-state index in [1.165, 1.54) is 14.2 Å². The molecule has 0 aromatic rings. The average Bonchev–Trinajstić information content (AvgIpc) is 3.73. The first-order valence-electron chi connectivity index (χ1n) is 21.7. The normalized spacial score (nSPS) is 46.8. The van der Waals surface area contributed by atoms with Crippen molar-refractivity contribution in [2.45, 2.75) is 185 Å². The van der Waals surface area contributed by atoms with Gasteiger partial charge in [-0.1, -0.05) is 60.0 Å². The molecule has 6 aliphatic rings. The number of rotatable bonds is 16. The van der Waals surface area contributed by atoms with Crippen LogP contribution in [0.4, 0.5) is 0 Å². The lowest BCUT2D eigenvalue weighted by atomic mass is 9.47. The van der Waals surface area contributed by atoms with Gasteiger partial charge in [-0.2, -0.15) is 0 Å². The van der Waals surface area contributed by atoms with Gasteiger partial charge in [-0.25, -0.2) is 0 Å². The van der Waals surface area contributed by atoms with Crippen LogP contribution in [0.15, 0.2) is 11.1 Å². The zero-order valence-electron chi connectivity index (χ0n) is 35.4. The maximum absolute atomic E-state index is 12.5. The number of fused-ring (bicyclic) bond motifs is 4. The molecule has 5 fully saturated rings. The first-order chi connectivity index (χ1) is 26.9. The fourth-order valence-corrected chi connectivity index (χ4v) is 12.5. The Bertz CT molecular complexity index is 1360. The molecule has 57 heavy (non-hydrogen) atoms. The van der Waals surface area contributed by atoms with Gasteiger partial charge in [-0.15, -0.1) is 0 Å². The predicted molar refractivity (Wildman–Crippen MR) is 207 cm³/mol. The molecule has 6 rings (SSSR count). The van der Waals surface area contributed by atoms with Crippen molar-refractivity contribution in [3.63, 3.8) is 0 Å². The van der Waals surface area contributed by atoms with Gasteiger partial charge in [0.25, 0.3) is 0 Å². The van der Waals surface area contributed by atoms with Gasteiger partial charge in [0.05, 0.1) is 31.5 Å². The van der Waals surface area contributed by atoms with E-state index in [1.54, 1.807) is 0 Å². The van der Waals surface area contributed by atoms with Crippen molar-refractivity contribution in [1.82, 2.24) is 0 Å². The van der Waals surface area contributed by atoms with E-state index in [2.05, 4.69) is 41.5 Å². The number of aliphatic hydroxyl groups excluding tert-OH is 8. The molecule has 14 nitrogen and oxygen atoms in total. The minimum Gasteiger partial charge on any atom is -0.393 e. The molecule has 3 saturated carbocycles. The van der Waals surface area contributed by atoms with Crippen LogP contribution in [0.25, 0.3) is 0 Å². The fourth-order valence-electron chi connectivity index (χ4n) is 12.5. The third kappa shape index (κ3) is 8.41. The van der Waals surface area contributed by atoms with E-state index in [4.69, 9.17) is 28.4 Å².